The van der Waals surface area contributed by atoms with Gasteiger partial charge in [-0.3, -0.25) is 14.6 Å². The van der Waals surface area contributed by atoms with Crippen LogP contribution in [0.5, 0.6) is 0 Å². The number of rotatable bonds is 8. The second kappa shape index (κ2) is 10.2. The number of nitrogens with one attached hydrogen (secondary N) is 1. The van der Waals surface area contributed by atoms with E-state index in [1.165, 1.54) is 6.26 Å². The van der Waals surface area contributed by atoms with E-state index in [4.69, 9.17) is 16.0 Å². The summed E-state index contributed by atoms with van der Waals surface area (Å²) < 4.78 is 5.50. The van der Waals surface area contributed by atoms with Gasteiger partial charge in [0.15, 0.2) is 5.69 Å². The first kappa shape index (κ1) is 21.8. The number of piperazine rings is 1. The Morgan fingerprint density at radius 1 is 1.31 bits per heavy atom. The fraction of sp³-hybridized carbons (Fsp3) is 0.524. The van der Waals surface area contributed by atoms with Gasteiger partial charge >= 0.3 is 0 Å². The minimum Gasteiger partial charge on any atom is -0.447 e. The lowest BCUT2D eigenvalue weighted by Crippen LogP contribution is -2.48. The third kappa shape index (κ3) is 6.27. The molecule has 158 valence electrons. The fourth-order valence-corrected chi connectivity index (χ4v) is 3.58. The average molecular weight is 421 g/mol. The number of halogens is 1. The van der Waals surface area contributed by atoms with Crippen LogP contribution in [-0.2, 0) is 6.54 Å². The van der Waals surface area contributed by atoms with Gasteiger partial charge in [-0.1, -0.05) is 31.0 Å². The number of carbonyl (C=O) groups is 1. The second-order valence-corrected chi connectivity index (χ2v) is 7.97. The predicted molar refractivity (Wildman–Crippen MR) is 113 cm³/mol. The molecule has 0 unspecified atom stereocenters. The van der Waals surface area contributed by atoms with Crippen molar-refractivity contribution in [1.29, 1.82) is 0 Å². The molecule has 1 atom stereocenters. The van der Waals surface area contributed by atoms with Crippen molar-refractivity contribution in [3.8, 4) is 0 Å². The molecule has 1 aliphatic heterocycles. The van der Waals surface area contributed by atoms with E-state index in [1.807, 2.05) is 13.0 Å². The smallest absolute Gasteiger partial charge is 0.277 e. The molecule has 3 rings (SSSR count). The van der Waals surface area contributed by atoms with Gasteiger partial charge in [-0.05, 0) is 31.0 Å². The predicted octanol–water partition coefficient (Wildman–Crippen LogP) is 3.17. The molecule has 1 aromatic heterocycles. The molecule has 1 aromatic carbocycles. The zero-order chi connectivity index (χ0) is 20.8. The minimum atomic E-state index is -0.324. The molecule has 29 heavy (non-hydrogen) atoms. The molecule has 0 bridgehead atoms. The standard InChI is InChI=1S/C21H29ClN4O3/c1-3-4-17(27)12-25-7-9-26(10-8-25)13-20-24-19(14-29-20)21(28)23-16-6-5-15(2)18(22)11-16/h5-6,11,14,17,27H,3-4,7-10,12-13H2,1-2H3,(H,23,28)/t17-/m1/s1. The summed E-state index contributed by atoms with van der Waals surface area (Å²) in [7, 11) is 0. The summed E-state index contributed by atoms with van der Waals surface area (Å²) in [5.41, 5.74) is 1.82. The minimum absolute atomic E-state index is 0.247. The number of aliphatic hydroxyl groups is 1. The van der Waals surface area contributed by atoms with Gasteiger partial charge < -0.3 is 14.8 Å². The van der Waals surface area contributed by atoms with Crippen LogP contribution in [0.4, 0.5) is 5.69 Å². The van der Waals surface area contributed by atoms with Crippen molar-refractivity contribution in [2.45, 2.75) is 39.3 Å². The number of β-amino-alcohol motifs (C(OH)–C–C–N with tert-alkyl or cyclic N) is 1. The van der Waals surface area contributed by atoms with E-state index in [9.17, 15) is 9.90 Å². The highest BCUT2D eigenvalue weighted by Gasteiger charge is 2.21. The Hall–Kier alpha value is -1.93. The molecule has 2 aromatic rings. The number of amides is 1. The molecule has 0 spiro atoms. The monoisotopic (exact) mass is 420 g/mol. The number of benzene rings is 1. The Labute approximate surface area is 176 Å². The van der Waals surface area contributed by atoms with E-state index >= 15 is 0 Å². The maximum atomic E-state index is 12.4. The zero-order valence-electron chi connectivity index (χ0n) is 17.0. The normalized spacial score (nSPS) is 16.7. The maximum absolute atomic E-state index is 12.4. The Balaban J connectivity index is 1.48. The van der Waals surface area contributed by atoms with E-state index < -0.39 is 0 Å². The summed E-state index contributed by atoms with van der Waals surface area (Å²) in [4.78, 5) is 21.3. The number of hydrogen-bond donors (Lipinski definition) is 2. The molecule has 1 aliphatic rings. The zero-order valence-corrected chi connectivity index (χ0v) is 17.8. The van der Waals surface area contributed by atoms with E-state index in [0.29, 0.717) is 23.1 Å². The van der Waals surface area contributed by atoms with Crippen molar-refractivity contribution in [3.05, 3.63) is 46.6 Å². The summed E-state index contributed by atoms with van der Waals surface area (Å²) in [6, 6.07) is 5.37. The van der Waals surface area contributed by atoms with Crippen LogP contribution in [0.25, 0.3) is 0 Å². The lowest BCUT2D eigenvalue weighted by molar-refractivity contribution is 0.0634. The first-order chi connectivity index (χ1) is 13.9. The molecule has 2 N–H and O–H groups in total. The van der Waals surface area contributed by atoms with E-state index in [2.05, 4.69) is 27.0 Å². The SMILES string of the molecule is CCC[C@@H](O)CN1CCN(Cc2nc(C(=O)Nc3ccc(C)c(Cl)c3)co2)CC1. The molecule has 0 aliphatic carbocycles. The Morgan fingerprint density at radius 2 is 2.03 bits per heavy atom. The molecular weight excluding hydrogens is 392 g/mol. The van der Waals surface area contributed by atoms with Crippen LogP contribution >= 0.6 is 11.6 Å². The first-order valence-electron chi connectivity index (χ1n) is 10.1. The van der Waals surface area contributed by atoms with Crippen LogP contribution in [0.1, 0.15) is 41.7 Å². The number of nitrogens with zero attached hydrogens (tertiary/aromatic N) is 3. The molecule has 7 nitrogen and oxygen atoms in total. The summed E-state index contributed by atoms with van der Waals surface area (Å²) in [5.74, 6) is 0.200. The average Bonchev–Trinajstić information content (AvgIpc) is 3.15. The Bertz CT molecular complexity index is 818. The van der Waals surface area contributed by atoms with E-state index in [1.54, 1.807) is 12.1 Å². The van der Waals surface area contributed by atoms with Crippen molar-refractivity contribution < 1.29 is 14.3 Å². The summed E-state index contributed by atoms with van der Waals surface area (Å²) in [6.45, 7) is 8.86. The topological polar surface area (TPSA) is 81.8 Å². The summed E-state index contributed by atoms with van der Waals surface area (Å²) >= 11 is 6.10. The quantitative estimate of drug-likeness (QED) is 0.682. The van der Waals surface area contributed by atoms with Gasteiger partial charge in [-0.15, -0.1) is 0 Å². The number of hydrogen-bond acceptors (Lipinski definition) is 6. The number of aromatic nitrogens is 1. The van der Waals surface area contributed by atoms with Gasteiger partial charge in [0.1, 0.15) is 6.26 Å². The summed E-state index contributed by atoms with van der Waals surface area (Å²) in [5, 5.41) is 13.4. The fourth-order valence-electron chi connectivity index (χ4n) is 3.40. The number of aryl methyl sites for hydroxylation is 1. The van der Waals surface area contributed by atoms with Gasteiger partial charge in [-0.2, -0.15) is 0 Å². The van der Waals surface area contributed by atoms with Gasteiger partial charge in [0.2, 0.25) is 5.89 Å². The van der Waals surface area contributed by atoms with E-state index in [0.717, 1.165) is 51.1 Å². The second-order valence-electron chi connectivity index (χ2n) is 7.56. The number of carbonyl (C=O) groups excluding carboxylic acids is 1. The highest BCUT2D eigenvalue weighted by Crippen LogP contribution is 2.20. The Kier molecular flexibility index (Phi) is 7.66. The Morgan fingerprint density at radius 3 is 2.72 bits per heavy atom. The third-order valence-corrected chi connectivity index (χ3v) is 5.54. The largest absolute Gasteiger partial charge is 0.447 e. The van der Waals surface area contributed by atoms with Gasteiger partial charge in [0.25, 0.3) is 5.91 Å². The van der Waals surface area contributed by atoms with Gasteiger partial charge in [0, 0.05) is 43.4 Å². The maximum Gasteiger partial charge on any atom is 0.277 e. The lowest BCUT2D eigenvalue weighted by Gasteiger charge is -2.34. The molecular formula is C21H29ClN4O3. The van der Waals surface area contributed by atoms with Crippen molar-refractivity contribution >= 4 is 23.2 Å². The highest BCUT2D eigenvalue weighted by molar-refractivity contribution is 6.31. The third-order valence-electron chi connectivity index (χ3n) is 5.13. The van der Waals surface area contributed by atoms with Crippen molar-refractivity contribution in [2.75, 3.05) is 38.0 Å². The molecule has 8 heteroatoms. The van der Waals surface area contributed by atoms with Crippen molar-refractivity contribution in [3.63, 3.8) is 0 Å². The molecule has 1 saturated heterocycles. The van der Waals surface area contributed by atoms with Crippen LogP contribution in [0.15, 0.2) is 28.9 Å². The number of oxazole rings is 1. The van der Waals surface area contributed by atoms with Crippen LogP contribution < -0.4 is 5.32 Å². The molecule has 1 amide bonds. The first-order valence-corrected chi connectivity index (χ1v) is 10.5. The van der Waals surface area contributed by atoms with E-state index in [-0.39, 0.29) is 17.7 Å². The van der Waals surface area contributed by atoms with Gasteiger partial charge in [0.05, 0.1) is 12.6 Å². The van der Waals surface area contributed by atoms with Gasteiger partial charge in [-0.25, -0.2) is 4.98 Å². The van der Waals surface area contributed by atoms with Crippen LogP contribution in [-0.4, -0.2) is 64.6 Å². The molecule has 2 heterocycles. The molecule has 1 fully saturated rings. The summed E-state index contributed by atoms with van der Waals surface area (Å²) in [6.07, 6.45) is 2.98. The van der Waals surface area contributed by atoms with Crippen LogP contribution in [0, 0.1) is 6.92 Å². The van der Waals surface area contributed by atoms with Crippen molar-refractivity contribution in [1.82, 2.24) is 14.8 Å². The molecule has 0 saturated carbocycles. The van der Waals surface area contributed by atoms with Crippen molar-refractivity contribution in [2.24, 2.45) is 0 Å². The highest BCUT2D eigenvalue weighted by atomic mass is 35.5. The number of aliphatic hydroxyl groups excluding tert-OH is 1. The molecule has 0 radical (unpaired) electrons. The van der Waals surface area contributed by atoms with Crippen LogP contribution in [0.3, 0.4) is 0 Å². The van der Waals surface area contributed by atoms with Crippen LogP contribution in [0.2, 0.25) is 5.02 Å². The number of anilines is 1. The lowest BCUT2D eigenvalue weighted by atomic mass is 10.2.